The first-order chi connectivity index (χ1) is 7.70. The molecule has 88 valence electrons. The lowest BCUT2D eigenvalue weighted by Crippen LogP contribution is -2.32. The highest BCUT2D eigenvalue weighted by Crippen LogP contribution is 2.31. The van der Waals surface area contributed by atoms with E-state index in [0.29, 0.717) is 5.69 Å². The molecule has 0 unspecified atom stereocenters. The van der Waals surface area contributed by atoms with Crippen molar-refractivity contribution in [3.8, 4) is 0 Å². The Hall–Kier alpha value is -1.25. The molecule has 16 heavy (non-hydrogen) atoms. The molecule has 2 nitrogen and oxygen atoms in total. The van der Waals surface area contributed by atoms with Crippen molar-refractivity contribution in [1.29, 1.82) is 0 Å². The molecule has 1 saturated carbocycles. The highest BCUT2D eigenvalue weighted by molar-refractivity contribution is 5.67. The van der Waals surface area contributed by atoms with Crippen molar-refractivity contribution in [2.45, 2.75) is 26.2 Å². The van der Waals surface area contributed by atoms with E-state index < -0.39 is 0 Å². The number of rotatable bonds is 4. The van der Waals surface area contributed by atoms with Crippen LogP contribution in [0.25, 0.3) is 0 Å². The van der Waals surface area contributed by atoms with Crippen LogP contribution >= 0.6 is 0 Å². The van der Waals surface area contributed by atoms with E-state index in [1.807, 2.05) is 0 Å². The summed E-state index contributed by atoms with van der Waals surface area (Å²) in [6.07, 6.45) is 3.93. The minimum absolute atomic E-state index is 0.212. The molecule has 3 heteroatoms. The van der Waals surface area contributed by atoms with Gasteiger partial charge in [0.05, 0.1) is 11.4 Å². The van der Waals surface area contributed by atoms with E-state index >= 15 is 0 Å². The number of nitrogen functional groups attached to an aromatic ring is 1. The maximum absolute atomic E-state index is 13.2. The predicted molar refractivity (Wildman–Crippen MR) is 66.0 cm³/mol. The average Bonchev–Trinajstić information content (AvgIpc) is 2.21. The Bertz CT molecular complexity index is 361. The van der Waals surface area contributed by atoms with Gasteiger partial charge in [-0.2, -0.15) is 0 Å². The topological polar surface area (TPSA) is 29.3 Å². The van der Waals surface area contributed by atoms with Crippen LogP contribution in [0.1, 0.15) is 26.2 Å². The van der Waals surface area contributed by atoms with Crippen LogP contribution in [0.5, 0.6) is 0 Å². The van der Waals surface area contributed by atoms with Gasteiger partial charge in [0.25, 0.3) is 0 Å². The summed E-state index contributed by atoms with van der Waals surface area (Å²) in [6.45, 7) is 3.97. The third-order valence-electron chi connectivity index (χ3n) is 3.42. The summed E-state index contributed by atoms with van der Waals surface area (Å²) in [5.41, 5.74) is 7.40. The molecular formula is C13H19FN2. The summed E-state index contributed by atoms with van der Waals surface area (Å²) in [4.78, 5) is 2.18. The summed E-state index contributed by atoms with van der Waals surface area (Å²) < 4.78 is 13.2. The monoisotopic (exact) mass is 222 g/mol. The molecular weight excluding hydrogens is 203 g/mol. The van der Waals surface area contributed by atoms with Gasteiger partial charge in [-0.3, -0.25) is 0 Å². The predicted octanol–water partition coefficient (Wildman–Crippen LogP) is 3.03. The average molecular weight is 222 g/mol. The van der Waals surface area contributed by atoms with Gasteiger partial charge in [0.2, 0.25) is 0 Å². The van der Waals surface area contributed by atoms with Gasteiger partial charge in [0, 0.05) is 13.1 Å². The van der Waals surface area contributed by atoms with Crippen LogP contribution in [0.15, 0.2) is 18.2 Å². The minimum atomic E-state index is -0.212. The Morgan fingerprint density at radius 3 is 2.75 bits per heavy atom. The fourth-order valence-electron chi connectivity index (χ4n) is 2.18. The number of nitrogens with zero attached hydrogens (tertiary/aromatic N) is 1. The molecule has 0 amide bonds. The second-order valence-corrected chi connectivity index (χ2v) is 4.54. The SMILES string of the molecule is CCN(CC1CCC1)c1cc(F)ccc1N. The third-order valence-corrected chi connectivity index (χ3v) is 3.42. The van der Waals surface area contributed by atoms with E-state index in [1.54, 1.807) is 6.07 Å². The summed E-state index contributed by atoms with van der Waals surface area (Å²) in [7, 11) is 0. The van der Waals surface area contributed by atoms with Gasteiger partial charge in [-0.25, -0.2) is 4.39 Å². The molecule has 2 rings (SSSR count). The third kappa shape index (κ3) is 2.29. The lowest BCUT2D eigenvalue weighted by molar-refractivity contribution is 0.318. The van der Waals surface area contributed by atoms with Gasteiger partial charge in [0.1, 0.15) is 5.82 Å². The summed E-state index contributed by atoms with van der Waals surface area (Å²) in [6, 6.07) is 4.60. The normalized spacial score (nSPS) is 15.9. The lowest BCUT2D eigenvalue weighted by Gasteiger charge is -2.33. The van der Waals surface area contributed by atoms with Gasteiger partial charge in [-0.15, -0.1) is 0 Å². The van der Waals surface area contributed by atoms with E-state index in [0.717, 1.165) is 24.7 Å². The highest BCUT2D eigenvalue weighted by Gasteiger charge is 2.21. The number of halogens is 1. The van der Waals surface area contributed by atoms with Crippen molar-refractivity contribution in [3.63, 3.8) is 0 Å². The van der Waals surface area contributed by atoms with Crippen LogP contribution in [0.3, 0.4) is 0 Å². The van der Waals surface area contributed by atoms with Crippen LogP contribution in [0.4, 0.5) is 15.8 Å². The molecule has 1 aromatic rings. The number of anilines is 2. The van der Waals surface area contributed by atoms with Gasteiger partial charge < -0.3 is 10.6 Å². The molecule has 0 atom stereocenters. The molecule has 1 fully saturated rings. The van der Waals surface area contributed by atoms with Gasteiger partial charge >= 0.3 is 0 Å². The molecule has 0 aromatic heterocycles. The fraction of sp³-hybridized carbons (Fsp3) is 0.538. The van der Waals surface area contributed by atoms with Crippen molar-refractivity contribution in [1.82, 2.24) is 0 Å². The van der Waals surface area contributed by atoms with Crippen molar-refractivity contribution in [2.24, 2.45) is 5.92 Å². The van der Waals surface area contributed by atoms with Gasteiger partial charge in [-0.05, 0) is 43.9 Å². The zero-order valence-electron chi connectivity index (χ0n) is 9.75. The van der Waals surface area contributed by atoms with Crippen LogP contribution < -0.4 is 10.6 Å². The molecule has 0 spiro atoms. The molecule has 0 aliphatic heterocycles. The van der Waals surface area contributed by atoms with Crippen LogP contribution in [-0.2, 0) is 0 Å². The summed E-state index contributed by atoms with van der Waals surface area (Å²) >= 11 is 0. The van der Waals surface area contributed by atoms with Crippen molar-refractivity contribution < 1.29 is 4.39 Å². The molecule has 0 saturated heterocycles. The summed E-state index contributed by atoms with van der Waals surface area (Å²) in [5, 5.41) is 0. The first-order valence-corrected chi connectivity index (χ1v) is 6.00. The molecule has 0 bridgehead atoms. The zero-order valence-corrected chi connectivity index (χ0v) is 9.75. The van der Waals surface area contributed by atoms with Crippen LogP contribution in [-0.4, -0.2) is 13.1 Å². The molecule has 0 radical (unpaired) electrons. The second kappa shape index (κ2) is 4.73. The maximum Gasteiger partial charge on any atom is 0.125 e. The molecule has 0 heterocycles. The number of nitrogens with two attached hydrogens (primary N) is 1. The first-order valence-electron chi connectivity index (χ1n) is 6.00. The fourth-order valence-corrected chi connectivity index (χ4v) is 2.18. The second-order valence-electron chi connectivity index (χ2n) is 4.54. The Morgan fingerprint density at radius 1 is 1.44 bits per heavy atom. The Balaban J connectivity index is 2.14. The smallest absolute Gasteiger partial charge is 0.125 e. The van der Waals surface area contributed by atoms with E-state index in [1.165, 1.54) is 31.4 Å². The molecule has 1 aliphatic carbocycles. The Morgan fingerprint density at radius 2 is 2.19 bits per heavy atom. The number of benzene rings is 1. The quantitative estimate of drug-likeness (QED) is 0.793. The van der Waals surface area contributed by atoms with Gasteiger partial charge in [-0.1, -0.05) is 6.42 Å². The lowest BCUT2D eigenvalue weighted by atomic mass is 9.85. The summed E-state index contributed by atoms with van der Waals surface area (Å²) in [5.74, 6) is 0.555. The van der Waals surface area contributed by atoms with E-state index in [-0.39, 0.29) is 5.82 Å². The van der Waals surface area contributed by atoms with Crippen LogP contribution in [0, 0.1) is 11.7 Å². The van der Waals surface area contributed by atoms with Crippen molar-refractivity contribution in [2.75, 3.05) is 23.7 Å². The number of hydrogen-bond acceptors (Lipinski definition) is 2. The van der Waals surface area contributed by atoms with E-state index in [2.05, 4.69) is 11.8 Å². The van der Waals surface area contributed by atoms with Crippen molar-refractivity contribution >= 4 is 11.4 Å². The Kier molecular flexibility index (Phi) is 3.32. The highest BCUT2D eigenvalue weighted by atomic mass is 19.1. The van der Waals surface area contributed by atoms with Gasteiger partial charge in [0.15, 0.2) is 0 Å². The van der Waals surface area contributed by atoms with Crippen LogP contribution in [0.2, 0.25) is 0 Å². The molecule has 2 N–H and O–H groups in total. The first kappa shape index (κ1) is 11.2. The largest absolute Gasteiger partial charge is 0.397 e. The standard InChI is InChI=1S/C13H19FN2/c1-2-16(9-10-4-3-5-10)13-8-11(14)6-7-12(13)15/h6-8,10H,2-5,9,15H2,1H3. The zero-order chi connectivity index (χ0) is 11.5. The van der Waals surface area contributed by atoms with E-state index in [9.17, 15) is 4.39 Å². The molecule has 1 aromatic carbocycles. The molecule has 1 aliphatic rings. The van der Waals surface area contributed by atoms with E-state index in [4.69, 9.17) is 5.73 Å². The Labute approximate surface area is 96.2 Å². The maximum atomic E-state index is 13.2. The van der Waals surface area contributed by atoms with Crippen molar-refractivity contribution in [3.05, 3.63) is 24.0 Å². The minimum Gasteiger partial charge on any atom is -0.397 e. The number of hydrogen-bond donors (Lipinski definition) is 1.